The smallest absolute Gasteiger partial charge is 0.317 e. The molecule has 6 rings (SSSR count). The number of carbonyl (C=O) groups excluding carboxylic acids is 2. The van der Waals surface area contributed by atoms with Crippen molar-refractivity contribution in [3.63, 3.8) is 0 Å². The highest BCUT2D eigenvalue weighted by atomic mass is 19.1. The van der Waals surface area contributed by atoms with Gasteiger partial charge in [0.1, 0.15) is 5.82 Å². The van der Waals surface area contributed by atoms with Crippen molar-refractivity contribution in [2.75, 3.05) is 29.0 Å². The lowest BCUT2D eigenvalue weighted by Gasteiger charge is -2.32. The number of urea groups is 1. The van der Waals surface area contributed by atoms with Crippen molar-refractivity contribution < 1.29 is 14.0 Å². The van der Waals surface area contributed by atoms with Crippen molar-refractivity contribution in [1.82, 2.24) is 29.8 Å². The van der Waals surface area contributed by atoms with E-state index < -0.39 is 11.7 Å². The number of halogens is 1. The Kier molecular flexibility index (Phi) is 7.65. The van der Waals surface area contributed by atoms with Gasteiger partial charge in [-0.05, 0) is 57.4 Å². The van der Waals surface area contributed by atoms with Gasteiger partial charge in [-0.25, -0.2) is 18.7 Å². The number of carbonyl (C=O) groups is 2. The van der Waals surface area contributed by atoms with E-state index in [0.29, 0.717) is 17.5 Å². The Morgan fingerprint density at radius 1 is 0.875 bits per heavy atom. The standard InChI is InChI=1S/C28H36FN9O2/c29-21-16-30-12-11-22(21)35-27(39)24-17-31-26-23(32-18-5-6-18)15-25(36-38(24)26)33-19-7-9-20(10-8-19)34-28(40)37-13-3-1-2-4-14-37/h11-12,15-20,32H,1-10,13-14H2,(H,33,36)(H,34,40)(H,30,35,39). The fourth-order valence-electron chi connectivity index (χ4n) is 5.54. The number of rotatable bonds is 7. The van der Waals surface area contributed by atoms with Crippen LogP contribution >= 0.6 is 0 Å². The number of hydrogen-bond donors (Lipinski definition) is 4. The van der Waals surface area contributed by atoms with E-state index in [-0.39, 0.29) is 29.5 Å². The summed E-state index contributed by atoms with van der Waals surface area (Å²) in [6.45, 7) is 1.69. The number of pyridine rings is 1. The summed E-state index contributed by atoms with van der Waals surface area (Å²) in [7, 11) is 0. The molecule has 1 saturated heterocycles. The molecule has 11 nitrogen and oxygen atoms in total. The number of nitrogens with one attached hydrogen (secondary N) is 4. The predicted octanol–water partition coefficient (Wildman–Crippen LogP) is 4.40. The van der Waals surface area contributed by atoms with E-state index >= 15 is 0 Å². The fraction of sp³-hybridized carbons (Fsp3) is 0.536. The van der Waals surface area contributed by atoms with Crippen LogP contribution in [0.2, 0.25) is 0 Å². The number of hydrogen-bond acceptors (Lipinski definition) is 7. The van der Waals surface area contributed by atoms with Crippen LogP contribution in [0.3, 0.4) is 0 Å². The molecule has 4 N–H and O–H groups in total. The number of fused-ring (bicyclic) bond motifs is 1. The van der Waals surface area contributed by atoms with Crippen molar-refractivity contribution >= 4 is 34.8 Å². The van der Waals surface area contributed by atoms with Crippen LogP contribution in [0, 0.1) is 5.82 Å². The quantitative estimate of drug-likeness (QED) is 0.344. The maximum atomic E-state index is 14.1. The van der Waals surface area contributed by atoms with Gasteiger partial charge in [-0.1, -0.05) is 12.8 Å². The van der Waals surface area contributed by atoms with Crippen molar-refractivity contribution in [2.45, 2.75) is 82.3 Å². The second kappa shape index (κ2) is 11.6. The zero-order valence-corrected chi connectivity index (χ0v) is 22.5. The first-order valence-corrected chi connectivity index (χ1v) is 14.4. The highest BCUT2D eigenvalue weighted by molar-refractivity contribution is 6.03. The van der Waals surface area contributed by atoms with Gasteiger partial charge in [0.2, 0.25) is 0 Å². The molecule has 3 aromatic heterocycles. The van der Waals surface area contributed by atoms with Crippen molar-refractivity contribution in [3.05, 3.63) is 42.2 Å². The summed E-state index contributed by atoms with van der Waals surface area (Å²) in [4.78, 5) is 36.0. The summed E-state index contributed by atoms with van der Waals surface area (Å²) in [5.41, 5.74) is 1.58. The molecule has 1 aliphatic heterocycles. The summed E-state index contributed by atoms with van der Waals surface area (Å²) >= 11 is 0. The third-order valence-corrected chi connectivity index (χ3v) is 7.96. The van der Waals surface area contributed by atoms with E-state index in [2.05, 4.69) is 31.2 Å². The van der Waals surface area contributed by atoms with E-state index in [1.807, 2.05) is 11.0 Å². The van der Waals surface area contributed by atoms with Gasteiger partial charge in [-0.2, -0.15) is 0 Å². The SMILES string of the molecule is O=C(Nc1ccncc1F)c1cnc2c(NC3CC3)cc(NC3CCC(NC(=O)N4CCCCCC4)CC3)nn12. The summed E-state index contributed by atoms with van der Waals surface area (Å²) in [6, 6.07) is 4.16. The lowest BCUT2D eigenvalue weighted by molar-refractivity contribution is 0.102. The number of anilines is 3. The van der Waals surface area contributed by atoms with Gasteiger partial charge in [0.05, 0.1) is 23.8 Å². The Labute approximate surface area is 232 Å². The minimum Gasteiger partial charge on any atom is -0.379 e. The van der Waals surface area contributed by atoms with Crippen LogP contribution in [0.15, 0.2) is 30.7 Å². The molecule has 2 aliphatic carbocycles. The Balaban J connectivity index is 1.13. The van der Waals surface area contributed by atoms with Gasteiger partial charge in [-0.15, -0.1) is 5.10 Å². The number of amides is 3. The molecule has 3 aromatic rings. The van der Waals surface area contributed by atoms with E-state index in [4.69, 9.17) is 5.10 Å². The lowest BCUT2D eigenvalue weighted by Crippen LogP contribution is -2.47. The minimum atomic E-state index is -0.616. The fourth-order valence-corrected chi connectivity index (χ4v) is 5.54. The molecule has 0 spiro atoms. The van der Waals surface area contributed by atoms with Gasteiger partial charge in [0, 0.05) is 43.5 Å². The third-order valence-electron chi connectivity index (χ3n) is 7.96. The summed E-state index contributed by atoms with van der Waals surface area (Å²) in [5, 5.41) is 17.6. The van der Waals surface area contributed by atoms with Crippen molar-refractivity contribution in [3.8, 4) is 0 Å². The first-order valence-electron chi connectivity index (χ1n) is 14.4. The third kappa shape index (κ3) is 6.10. The first-order chi connectivity index (χ1) is 19.5. The maximum Gasteiger partial charge on any atom is 0.317 e. The molecule has 3 amide bonds. The average molecular weight is 550 g/mol. The molecule has 0 unspecified atom stereocenters. The summed E-state index contributed by atoms with van der Waals surface area (Å²) in [6.07, 6.45) is 14.2. The van der Waals surface area contributed by atoms with Crippen molar-refractivity contribution in [1.29, 1.82) is 0 Å². The molecule has 0 aromatic carbocycles. The Morgan fingerprint density at radius 3 is 2.30 bits per heavy atom. The molecule has 0 bridgehead atoms. The van der Waals surface area contributed by atoms with Crippen LogP contribution in [0.4, 0.5) is 26.4 Å². The van der Waals surface area contributed by atoms with Crippen molar-refractivity contribution in [2.24, 2.45) is 0 Å². The second-order valence-corrected chi connectivity index (χ2v) is 11.1. The number of likely N-dealkylation sites (tertiary alicyclic amines) is 1. The molecule has 212 valence electrons. The number of nitrogens with zero attached hydrogens (tertiary/aromatic N) is 5. The second-order valence-electron chi connectivity index (χ2n) is 11.1. The Bertz CT molecular complexity index is 1360. The van der Waals surface area contributed by atoms with Gasteiger partial charge in [0.15, 0.2) is 17.2 Å². The van der Waals surface area contributed by atoms with Gasteiger partial charge >= 0.3 is 6.03 Å². The summed E-state index contributed by atoms with van der Waals surface area (Å²) in [5.74, 6) is -0.496. The molecule has 0 radical (unpaired) electrons. The Morgan fingerprint density at radius 2 is 1.57 bits per heavy atom. The minimum absolute atomic E-state index is 0.0419. The Hall–Kier alpha value is -3.96. The predicted molar refractivity (Wildman–Crippen MR) is 150 cm³/mol. The van der Waals surface area contributed by atoms with Crippen LogP contribution in [0.25, 0.3) is 5.65 Å². The van der Waals surface area contributed by atoms with E-state index in [1.165, 1.54) is 35.8 Å². The lowest BCUT2D eigenvalue weighted by atomic mass is 9.91. The van der Waals surface area contributed by atoms with Gasteiger partial charge in [0.25, 0.3) is 5.91 Å². The van der Waals surface area contributed by atoms with Crippen LogP contribution in [0.1, 0.15) is 74.7 Å². The molecule has 0 atom stereocenters. The van der Waals surface area contributed by atoms with Crippen LogP contribution in [0.5, 0.6) is 0 Å². The normalized spacial score (nSPS) is 21.5. The highest BCUT2D eigenvalue weighted by Gasteiger charge is 2.27. The zero-order valence-electron chi connectivity index (χ0n) is 22.5. The van der Waals surface area contributed by atoms with Gasteiger partial charge < -0.3 is 26.2 Å². The monoisotopic (exact) mass is 549 g/mol. The number of imidazole rings is 1. The maximum absolute atomic E-state index is 14.1. The highest BCUT2D eigenvalue weighted by Crippen LogP contribution is 2.30. The van der Waals surface area contributed by atoms with Crippen LogP contribution in [-0.2, 0) is 0 Å². The largest absolute Gasteiger partial charge is 0.379 e. The topological polar surface area (TPSA) is 129 Å². The molecule has 40 heavy (non-hydrogen) atoms. The molecule has 3 fully saturated rings. The van der Waals surface area contributed by atoms with Crippen LogP contribution < -0.4 is 21.3 Å². The van der Waals surface area contributed by atoms with E-state index in [9.17, 15) is 14.0 Å². The molecular formula is C28H36FN9O2. The van der Waals surface area contributed by atoms with Crippen LogP contribution in [-0.4, -0.2) is 67.6 Å². The molecule has 2 saturated carbocycles. The molecule has 12 heteroatoms. The zero-order chi connectivity index (χ0) is 27.5. The van der Waals surface area contributed by atoms with E-state index in [0.717, 1.165) is 76.3 Å². The first kappa shape index (κ1) is 26.3. The molecule has 4 heterocycles. The average Bonchev–Trinajstić information content (AvgIpc) is 3.72. The number of aromatic nitrogens is 4. The summed E-state index contributed by atoms with van der Waals surface area (Å²) < 4.78 is 15.6. The molecular weight excluding hydrogens is 513 g/mol. The van der Waals surface area contributed by atoms with Gasteiger partial charge in [-0.3, -0.25) is 9.78 Å². The molecule has 3 aliphatic rings. The van der Waals surface area contributed by atoms with E-state index in [1.54, 1.807) is 0 Å².